The van der Waals surface area contributed by atoms with Crippen molar-refractivity contribution in [2.75, 3.05) is 6.79 Å². The number of carbonyl (C=O) groups excluding carboxylic acids is 1. The zero-order chi connectivity index (χ0) is 11.5. The summed E-state index contributed by atoms with van der Waals surface area (Å²) >= 11 is 0. The Morgan fingerprint density at radius 3 is 2.88 bits per heavy atom. The van der Waals surface area contributed by atoms with Gasteiger partial charge in [0.15, 0.2) is 17.6 Å². The van der Waals surface area contributed by atoms with Crippen molar-refractivity contribution in [3.8, 4) is 17.6 Å². The maximum atomic E-state index is 10.8. The number of nitrogens with zero attached hydrogens (tertiary/aromatic N) is 1. The minimum absolute atomic E-state index is 0.225. The zero-order valence-corrected chi connectivity index (χ0v) is 8.74. The highest BCUT2D eigenvalue weighted by molar-refractivity contribution is 5.91. The molecule has 1 aromatic carbocycles. The monoisotopic (exact) mass is 218 g/mol. The summed E-state index contributed by atoms with van der Waals surface area (Å²) in [5.41, 5.74) is 1.90. The van der Waals surface area contributed by atoms with Crippen LogP contribution in [0.25, 0.3) is 0 Å². The predicted octanol–water partition coefficient (Wildman–Crippen LogP) is 0.863. The number of amides is 1. The summed E-state index contributed by atoms with van der Waals surface area (Å²) in [6.07, 6.45) is 0. The lowest BCUT2D eigenvalue weighted by Gasteiger charge is -2.07. The summed E-state index contributed by atoms with van der Waals surface area (Å²) in [6, 6.07) is 5.17. The number of ether oxygens (including phenoxy) is 2. The van der Waals surface area contributed by atoms with E-state index in [9.17, 15) is 4.79 Å². The van der Waals surface area contributed by atoms with Crippen LogP contribution < -0.4 is 14.8 Å². The van der Waals surface area contributed by atoms with E-state index in [1.807, 2.05) is 19.1 Å². The van der Waals surface area contributed by atoms with E-state index < -0.39 is 5.91 Å². The zero-order valence-electron chi connectivity index (χ0n) is 8.74. The van der Waals surface area contributed by atoms with Crippen molar-refractivity contribution in [3.05, 3.63) is 23.3 Å². The molecular formula is C11H10N2O3. The first kappa shape index (κ1) is 10.3. The van der Waals surface area contributed by atoms with Crippen LogP contribution >= 0.6 is 0 Å². The first-order valence-electron chi connectivity index (χ1n) is 4.78. The smallest absolute Gasteiger partial charge is 0.322 e. The molecule has 5 nitrogen and oxygen atoms in total. The largest absolute Gasteiger partial charge is 0.454 e. The molecular weight excluding hydrogens is 208 g/mol. The Hall–Kier alpha value is -2.22. The first-order chi connectivity index (χ1) is 7.70. The van der Waals surface area contributed by atoms with Crippen molar-refractivity contribution in [1.82, 2.24) is 5.32 Å². The molecule has 16 heavy (non-hydrogen) atoms. The van der Waals surface area contributed by atoms with E-state index in [4.69, 9.17) is 14.7 Å². The number of benzene rings is 1. The van der Waals surface area contributed by atoms with E-state index in [-0.39, 0.29) is 6.79 Å². The van der Waals surface area contributed by atoms with Crippen molar-refractivity contribution in [2.45, 2.75) is 13.5 Å². The van der Waals surface area contributed by atoms with E-state index in [2.05, 4.69) is 5.32 Å². The molecule has 1 aliphatic heterocycles. The van der Waals surface area contributed by atoms with Crippen molar-refractivity contribution in [1.29, 1.82) is 5.26 Å². The van der Waals surface area contributed by atoms with Gasteiger partial charge in [0, 0.05) is 6.54 Å². The SMILES string of the molecule is Cc1cc2c(cc1CNC(=O)C#N)OCO2. The molecule has 0 unspecified atom stereocenters. The summed E-state index contributed by atoms with van der Waals surface area (Å²) < 4.78 is 10.4. The molecule has 0 aliphatic carbocycles. The molecule has 0 spiro atoms. The Kier molecular flexibility index (Phi) is 2.64. The van der Waals surface area contributed by atoms with Gasteiger partial charge < -0.3 is 14.8 Å². The number of carbonyl (C=O) groups is 1. The van der Waals surface area contributed by atoms with E-state index in [1.165, 1.54) is 6.07 Å². The molecule has 1 N–H and O–H groups in total. The predicted molar refractivity (Wildman–Crippen MR) is 54.8 cm³/mol. The van der Waals surface area contributed by atoms with E-state index in [1.54, 1.807) is 0 Å². The summed E-state index contributed by atoms with van der Waals surface area (Å²) in [5, 5.41) is 10.8. The maximum Gasteiger partial charge on any atom is 0.322 e. The molecule has 0 aromatic heterocycles. The topological polar surface area (TPSA) is 71.4 Å². The van der Waals surface area contributed by atoms with E-state index in [0.717, 1.165) is 11.1 Å². The second kappa shape index (κ2) is 4.11. The van der Waals surface area contributed by atoms with Gasteiger partial charge in [-0.15, -0.1) is 0 Å². The van der Waals surface area contributed by atoms with Crippen LogP contribution in [0.15, 0.2) is 12.1 Å². The van der Waals surface area contributed by atoms with Gasteiger partial charge in [-0.3, -0.25) is 4.79 Å². The number of hydrogen-bond acceptors (Lipinski definition) is 4. The molecule has 1 amide bonds. The second-order valence-electron chi connectivity index (χ2n) is 3.43. The van der Waals surface area contributed by atoms with Gasteiger partial charge in [0.05, 0.1) is 0 Å². The van der Waals surface area contributed by atoms with E-state index in [0.29, 0.717) is 18.0 Å². The third-order valence-corrected chi connectivity index (χ3v) is 2.37. The Bertz CT molecular complexity index is 477. The minimum atomic E-state index is -0.642. The van der Waals surface area contributed by atoms with Gasteiger partial charge >= 0.3 is 5.91 Å². The average molecular weight is 218 g/mol. The average Bonchev–Trinajstić information content (AvgIpc) is 2.72. The molecule has 0 bridgehead atoms. The lowest BCUT2D eigenvalue weighted by atomic mass is 10.1. The Morgan fingerprint density at radius 1 is 1.50 bits per heavy atom. The van der Waals surface area contributed by atoms with Crippen LogP contribution in [0.4, 0.5) is 0 Å². The van der Waals surface area contributed by atoms with Crippen LogP contribution in [0.2, 0.25) is 0 Å². The lowest BCUT2D eigenvalue weighted by molar-refractivity contribution is -0.116. The fourth-order valence-corrected chi connectivity index (χ4v) is 1.49. The van der Waals surface area contributed by atoms with Crippen LogP contribution in [0.3, 0.4) is 0 Å². The summed E-state index contributed by atoms with van der Waals surface area (Å²) in [7, 11) is 0. The highest BCUT2D eigenvalue weighted by Crippen LogP contribution is 2.34. The molecule has 0 atom stereocenters. The van der Waals surface area contributed by atoms with Crippen LogP contribution in [0.1, 0.15) is 11.1 Å². The van der Waals surface area contributed by atoms with Gasteiger partial charge in [-0.1, -0.05) is 0 Å². The molecule has 2 rings (SSSR count). The normalized spacial score (nSPS) is 12.0. The van der Waals surface area contributed by atoms with Gasteiger partial charge in [-0.05, 0) is 30.2 Å². The highest BCUT2D eigenvalue weighted by Gasteiger charge is 2.15. The number of nitriles is 1. The molecule has 1 heterocycles. The Balaban J connectivity index is 2.16. The van der Waals surface area contributed by atoms with Crippen LogP contribution in [0.5, 0.6) is 11.5 Å². The van der Waals surface area contributed by atoms with Crippen LogP contribution in [-0.4, -0.2) is 12.7 Å². The van der Waals surface area contributed by atoms with Crippen molar-refractivity contribution in [3.63, 3.8) is 0 Å². The molecule has 1 aromatic rings. The quantitative estimate of drug-likeness (QED) is 0.747. The number of fused-ring (bicyclic) bond motifs is 1. The number of rotatable bonds is 2. The molecule has 5 heteroatoms. The van der Waals surface area contributed by atoms with Gasteiger partial charge in [0.25, 0.3) is 0 Å². The third kappa shape index (κ3) is 1.91. The second-order valence-corrected chi connectivity index (χ2v) is 3.43. The van der Waals surface area contributed by atoms with Crippen molar-refractivity contribution < 1.29 is 14.3 Å². The molecule has 0 saturated carbocycles. The third-order valence-electron chi connectivity index (χ3n) is 2.37. The van der Waals surface area contributed by atoms with Crippen LogP contribution in [-0.2, 0) is 11.3 Å². The summed E-state index contributed by atoms with van der Waals surface area (Å²) in [6.45, 7) is 2.45. The lowest BCUT2D eigenvalue weighted by Crippen LogP contribution is -2.20. The Labute approximate surface area is 92.6 Å². The molecule has 1 aliphatic rings. The van der Waals surface area contributed by atoms with E-state index >= 15 is 0 Å². The van der Waals surface area contributed by atoms with Gasteiger partial charge in [-0.2, -0.15) is 5.26 Å². The summed E-state index contributed by atoms with van der Waals surface area (Å²) in [5.74, 6) is 0.747. The van der Waals surface area contributed by atoms with Crippen molar-refractivity contribution in [2.24, 2.45) is 0 Å². The van der Waals surface area contributed by atoms with Crippen molar-refractivity contribution >= 4 is 5.91 Å². The molecule has 0 radical (unpaired) electrons. The van der Waals surface area contributed by atoms with Gasteiger partial charge in [-0.25, -0.2) is 0 Å². The summed E-state index contributed by atoms with van der Waals surface area (Å²) in [4.78, 5) is 10.8. The number of aryl methyl sites for hydroxylation is 1. The highest BCUT2D eigenvalue weighted by atomic mass is 16.7. The Morgan fingerprint density at radius 2 is 2.19 bits per heavy atom. The van der Waals surface area contributed by atoms with Gasteiger partial charge in [0.1, 0.15) is 0 Å². The maximum absolute atomic E-state index is 10.8. The molecule has 0 saturated heterocycles. The molecule has 0 fully saturated rings. The van der Waals surface area contributed by atoms with Crippen LogP contribution in [0, 0.1) is 18.3 Å². The minimum Gasteiger partial charge on any atom is -0.454 e. The van der Waals surface area contributed by atoms with Gasteiger partial charge in [0.2, 0.25) is 6.79 Å². The fraction of sp³-hybridized carbons (Fsp3) is 0.273. The first-order valence-corrected chi connectivity index (χ1v) is 4.78. The standard InChI is InChI=1S/C11H10N2O3/c1-7-2-9-10(16-6-15-9)3-8(7)5-13-11(14)4-12/h2-3H,5-6H2,1H3,(H,13,14). The number of nitrogens with one attached hydrogen (secondary N) is 1. The number of hydrogen-bond donors (Lipinski definition) is 1. The fourth-order valence-electron chi connectivity index (χ4n) is 1.49. The molecule has 82 valence electrons.